The van der Waals surface area contributed by atoms with Crippen LogP contribution in [0.25, 0.3) is 0 Å². The molecule has 1 fully saturated rings. The lowest BCUT2D eigenvalue weighted by Gasteiger charge is -2.34. The minimum absolute atomic E-state index is 0. The van der Waals surface area contributed by atoms with Crippen molar-refractivity contribution in [2.24, 2.45) is 10.9 Å². The standard InChI is InChI=1S/C16H35N5S.HI/c1-15(14-21-10-8-20(3)9-11-21)13-19-16(17-2)18-7-5-6-12-22-4;/h15H,5-14H2,1-4H3,(H2,17,18,19);1H. The molecule has 7 heteroatoms. The predicted molar refractivity (Wildman–Crippen MR) is 115 cm³/mol. The molecule has 1 unspecified atom stereocenters. The highest BCUT2D eigenvalue weighted by molar-refractivity contribution is 14.0. The first kappa shape index (κ1) is 23.3. The molecule has 1 saturated heterocycles. The summed E-state index contributed by atoms with van der Waals surface area (Å²) < 4.78 is 0. The molecule has 5 nitrogen and oxygen atoms in total. The first-order valence-electron chi connectivity index (χ1n) is 8.50. The van der Waals surface area contributed by atoms with Crippen LogP contribution < -0.4 is 10.6 Å². The molecule has 1 aliphatic rings. The van der Waals surface area contributed by atoms with Crippen LogP contribution in [-0.2, 0) is 0 Å². The third-order valence-corrected chi connectivity index (χ3v) is 4.77. The molecule has 0 aromatic rings. The number of thioether (sulfide) groups is 1. The van der Waals surface area contributed by atoms with Crippen LogP contribution in [0.1, 0.15) is 19.8 Å². The summed E-state index contributed by atoms with van der Waals surface area (Å²) in [5, 5.41) is 6.86. The van der Waals surface area contributed by atoms with Gasteiger partial charge in [0.15, 0.2) is 5.96 Å². The summed E-state index contributed by atoms with van der Waals surface area (Å²) in [5.41, 5.74) is 0. The molecule has 0 saturated carbocycles. The van der Waals surface area contributed by atoms with Crippen molar-refractivity contribution in [3.63, 3.8) is 0 Å². The van der Waals surface area contributed by atoms with E-state index >= 15 is 0 Å². The fourth-order valence-corrected chi connectivity index (χ4v) is 3.10. The van der Waals surface area contributed by atoms with E-state index in [0.29, 0.717) is 5.92 Å². The minimum atomic E-state index is 0. The predicted octanol–water partition coefficient (Wildman–Crippen LogP) is 1.80. The topological polar surface area (TPSA) is 42.9 Å². The van der Waals surface area contributed by atoms with Gasteiger partial charge in [-0.2, -0.15) is 11.8 Å². The summed E-state index contributed by atoms with van der Waals surface area (Å²) in [6.07, 6.45) is 4.64. The Morgan fingerprint density at radius 3 is 2.48 bits per heavy atom. The monoisotopic (exact) mass is 457 g/mol. The fourth-order valence-electron chi connectivity index (χ4n) is 2.61. The molecule has 0 aromatic heterocycles. The molecule has 0 radical (unpaired) electrons. The molecule has 1 heterocycles. The van der Waals surface area contributed by atoms with E-state index in [1.807, 2.05) is 18.8 Å². The van der Waals surface area contributed by atoms with Gasteiger partial charge in [0, 0.05) is 52.9 Å². The van der Waals surface area contributed by atoms with Gasteiger partial charge in [0.25, 0.3) is 0 Å². The summed E-state index contributed by atoms with van der Waals surface area (Å²) >= 11 is 1.92. The zero-order valence-electron chi connectivity index (χ0n) is 15.3. The maximum Gasteiger partial charge on any atom is 0.190 e. The van der Waals surface area contributed by atoms with E-state index in [4.69, 9.17) is 0 Å². The van der Waals surface area contributed by atoms with Crippen LogP contribution in [0, 0.1) is 5.92 Å². The molecule has 1 aliphatic heterocycles. The van der Waals surface area contributed by atoms with Crippen molar-refractivity contribution in [2.75, 3.05) is 71.9 Å². The lowest BCUT2D eigenvalue weighted by molar-refractivity contribution is 0.139. The molecule has 0 aliphatic carbocycles. The highest BCUT2D eigenvalue weighted by Crippen LogP contribution is 2.03. The molecule has 138 valence electrons. The molecule has 1 rings (SSSR count). The number of nitrogens with zero attached hydrogens (tertiary/aromatic N) is 3. The van der Waals surface area contributed by atoms with Crippen LogP contribution in [-0.4, -0.2) is 87.7 Å². The van der Waals surface area contributed by atoms with E-state index in [9.17, 15) is 0 Å². The molecule has 2 N–H and O–H groups in total. The average Bonchev–Trinajstić information content (AvgIpc) is 2.52. The third kappa shape index (κ3) is 11.4. The summed E-state index contributed by atoms with van der Waals surface area (Å²) in [5.74, 6) is 2.82. The van der Waals surface area contributed by atoms with Crippen molar-refractivity contribution in [1.82, 2.24) is 20.4 Å². The zero-order chi connectivity index (χ0) is 16.2. The SMILES string of the molecule is CN=C(NCCCCSC)NCC(C)CN1CCN(C)CC1.I. The Kier molecular flexibility index (Phi) is 14.8. The zero-order valence-corrected chi connectivity index (χ0v) is 18.5. The van der Waals surface area contributed by atoms with Gasteiger partial charge in [-0.05, 0) is 37.8 Å². The van der Waals surface area contributed by atoms with Gasteiger partial charge < -0.3 is 20.4 Å². The summed E-state index contributed by atoms with van der Waals surface area (Å²) in [7, 11) is 4.06. The van der Waals surface area contributed by atoms with Crippen LogP contribution in [0.5, 0.6) is 0 Å². The van der Waals surface area contributed by atoms with Gasteiger partial charge in [-0.25, -0.2) is 0 Å². The summed E-state index contributed by atoms with van der Waals surface area (Å²) in [6.45, 7) is 10.3. The van der Waals surface area contributed by atoms with Gasteiger partial charge in [0.05, 0.1) is 0 Å². The van der Waals surface area contributed by atoms with Crippen molar-refractivity contribution in [3.05, 3.63) is 0 Å². The lowest BCUT2D eigenvalue weighted by Crippen LogP contribution is -2.47. The number of hydrogen-bond acceptors (Lipinski definition) is 4. The van der Waals surface area contributed by atoms with E-state index in [2.05, 4.69) is 45.7 Å². The van der Waals surface area contributed by atoms with E-state index in [-0.39, 0.29) is 24.0 Å². The molecule has 0 spiro atoms. The number of likely N-dealkylation sites (N-methyl/N-ethyl adjacent to an activating group) is 1. The van der Waals surface area contributed by atoms with E-state index in [1.54, 1.807) is 0 Å². The highest BCUT2D eigenvalue weighted by Gasteiger charge is 2.16. The Morgan fingerprint density at radius 2 is 1.87 bits per heavy atom. The first-order chi connectivity index (χ1) is 10.7. The number of piperazine rings is 1. The maximum absolute atomic E-state index is 4.30. The second kappa shape index (κ2) is 14.6. The van der Waals surface area contributed by atoms with Crippen LogP contribution >= 0.6 is 35.7 Å². The fraction of sp³-hybridized carbons (Fsp3) is 0.938. The van der Waals surface area contributed by atoms with Crippen molar-refractivity contribution >= 4 is 41.7 Å². The Balaban J connectivity index is 0.00000484. The molecule has 0 bridgehead atoms. The van der Waals surface area contributed by atoms with E-state index in [0.717, 1.165) is 19.0 Å². The van der Waals surface area contributed by atoms with Crippen molar-refractivity contribution in [2.45, 2.75) is 19.8 Å². The van der Waals surface area contributed by atoms with Gasteiger partial charge in [0.2, 0.25) is 0 Å². The number of halogens is 1. The second-order valence-electron chi connectivity index (χ2n) is 6.29. The van der Waals surface area contributed by atoms with Crippen molar-refractivity contribution < 1.29 is 0 Å². The molecular formula is C16H36IN5S. The van der Waals surface area contributed by atoms with Crippen molar-refractivity contribution in [1.29, 1.82) is 0 Å². The van der Waals surface area contributed by atoms with Gasteiger partial charge in [0.1, 0.15) is 0 Å². The third-order valence-electron chi connectivity index (χ3n) is 4.08. The number of unbranched alkanes of at least 4 members (excludes halogenated alkanes) is 1. The van der Waals surface area contributed by atoms with E-state index in [1.165, 1.54) is 51.3 Å². The Bertz CT molecular complexity index is 309. The van der Waals surface area contributed by atoms with Gasteiger partial charge in [-0.1, -0.05) is 6.92 Å². The smallest absolute Gasteiger partial charge is 0.190 e. The molecule has 1 atom stereocenters. The Morgan fingerprint density at radius 1 is 1.17 bits per heavy atom. The highest BCUT2D eigenvalue weighted by atomic mass is 127. The summed E-state index contributed by atoms with van der Waals surface area (Å²) in [6, 6.07) is 0. The first-order valence-corrected chi connectivity index (χ1v) is 9.89. The van der Waals surface area contributed by atoms with Crippen LogP contribution in [0.15, 0.2) is 4.99 Å². The number of nitrogens with one attached hydrogen (secondary N) is 2. The molecule has 23 heavy (non-hydrogen) atoms. The van der Waals surface area contributed by atoms with Crippen LogP contribution in [0.2, 0.25) is 0 Å². The van der Waals surface area contributed by atoms with Crippen molar-refractivity contribution in [3.8, 4) is 0 Å². The number of rotatable bonds is 9. The van der Waals surface area contributed by atoms with E-state index < -0.39 is 0 Å². The molecule has 0 aromatic carbocycles. The van der Waals surface area contributed by atoms with Crippen LogP contribution in [0.4, 0.5) is 0 Å². The second-order valence-corrected chi connectivity index (χ2v) is 7.27. The molecular weight excluding hydrogens is 421 g/mol. The number of hydrogen-bond donors (Lipinski definition) is 2. The minimum Gasteiger partial charge on any atom is -0.356 e. The van der Waals surface area contributed by atoms with Gasteiger partial charge in [-0.15, -0.1) is 24.0 Å². The normalized spacial score (nSPS) is 18.3. The van der Waals surface area contributed by atoms with Gasteiger partial charge in [-0.3, -0.25) is 4.99 Å². The largest absolute Gasteiger partial charge is 0.356 e. The average molecular weight is 457 g/mol. The number of aliphatic imine (C=N–C) groups is 1. The van der Waals surface area contributed by atoms with Crippen LogP contribution in [0.3, 0.4) is 0 Å². The van der Waals surface area contributed by atoms with Gasteiger partial charge >= 0.3 is 0 Å². The number of guanidine groups is 1. The Hall–Kier alpha value is 0.270. The summed E-state index contributed by atoms with van der Waals surface area (Å²) in [4.78, 5) is 9.28. The lowest BCUT2D eigenvalue weighted by atomic mass is 10.1. The quantitative estimate of drug-likeness (QED) is 0.239. The maximum atomic E-state index is 4.30. The Labute approximate surface area is 164 Å². The molecule has 0 amide bonds.